The number of amides is 1. The fourth-order valence-electron chi connectivity index (χ4n) is 2.23. The van der Waals surface area contributed by atoms with Gasteiger partial charge in [0.15, 0.2) is 11.5 Å². The first-order valence-corrected chi connectivity index (χ1v) is 8.27. The normalized spacial score (nSPS) is 10.7. The van der Waals surface area contributed by atoms with Crippen LogP contribution in [0, 0.1) is 0 Å². The van der Waals surface area contributed by atoms with Gasteiger partial charge in [-0.1, -0.05) is 0 Å². The number of ether oxygens (including phenoxy) is 3. The SMILES string of the molecule is COc1cc(C=CC(=O)N(C)Cc2ccsc2)cc(OC)c1OC. The monoisotopic (exact) mass is 347 g/mol. The van der Waals surface area contributed by atoms with Crippen molar-refractivity contribution in [1.82, 2.24) is 4.90 Å². The molecule has 1 aromatic carbocycles. The predicted molar refractivity (Wildman–Crippen MR) is 95.9 cm³/mol. The second-order valence-corrected chi connectivity index (χ2v) is 5.90. The van der Waals surface area contributed by atoms with Crippen LogP contribution in [0.2, 0.25) is 0 Å². The van der Waals surface area contributed by atoms with Crippen LogP contribution in [0.4, 0.5) is 0 Å². The van der Waals surface area contributed by atoms with Crippen LogP contribution in [0.3, 0.4) is 0 Å². The number of methoxy groups -OCH3 is 3. The molecule has 0 atom stereocenters. The van der Waals surface area contributed by atoms with Crippen LogP contribution in [0.25, 0.3) is 6.08 Å². The highest BCUT2D eigenvalue weighted by atomic mass is 32.1. The first-order chi connectivity index (χ1) is 11.6. The Morgan fingerprint density at radius 2 is 1.83 bits per heavy atom. The highest BCUT2D eigenvalue weighted by Crippen LogP contribution is 2.38. The van der Waals surface area contributed by atoms with E-state index in [9.17, 15) is 4.79 Å². The Kier molecular flexibility index (Phi) is 6.26. The van der Waals surface area contributed by atoms with Gasteiger partial charge in [0, 0.05) is 19.7 Å². The highest BCUT2D eigenvalue weighted by molar-refractivity contribution is 7.07. The second kappa shape index (κ2) is 8.40. The minimum absolute atomic E-state index is 0.0741. The average Bonchev–Trinajstić information content (AvgIpc) is 3.11. The van der Waals surface area contributed by atoms with Crippen LogP contribution in [-0.2, 0) is 11.3 Å². The molecule has 0 aliphatic heterocycles. The molecule has 0 aliphatic carbocycles. The molecule has 0 radical (unpaired) electrons. The van der Waals surface area contributed by atoms with Crippen LogP contribution in [-0.4, -0.2) is 39.2 Å². The number of nitrogens with zero attached hydrogens (tertiary/aromatic N) is 1. The van der Waals surface area contributed by atoms with E-state index in [1.165, 1.54) is 6.08 Å². The molecule has 0 spiro atoms. The molecule has 0 aliphatic rings. The van der Waals surface area contributed by atoms with Gasteiger partial charge in [0.25, 0.3) is 0 Å². The maximum absolute atomic E-state index is 12.2. The molecule has 0 bridgehead atoms. The maximum Gasteiger partial charge on any atom is 0.246 e. The number of hydrogen-bond acceptors (Lipinski definition) is 5. The zero-order valence-corrected chi connectivity index (χ0v) is 15.1. The van der Waals surface area contributed by atoms with E-state index in [2.05, 4.69) is 0 Å². The van der Waals surface area contributed by atoms with Gasteiger partial charge < -0.3 is 19.1 Å². The van der Waals surface area contributed by atoms with Crippen molar-refractivity contribution in [2.24, 2.45) is 0 Å². The molecular formula is C18H21NO4S. The lowest BCUT2D eigenvalue weighted by molar-refractivity contribution is -0.125. The number of rotatable bonds is 7. The Balaban J connectivity index is 2.14. The minimum Gasteiger partial charge on any atom is -0.493 e. The number of benzene rings is 1. The number of carbonyl (C=O) groups excluding carboxylic acids is 1. The number of thiophene rings is 1. The van der Waals surface area contributed by atoms with E-state index in [0.29, 0.717) is 23.8 Å². The van der Waals surface area contributed by atoms with Crippen molar-refractivity contribution in [3.63, 3.8) is 0 Å². The van der Waals surface area contributed by atoms with E-state index in [1.807, 2.05) is 16.8 Å². The van der Waals surface area contributed by atoms with Gasteiger partial charge in [-0.05, 0) is 46.2 Å². The summed E-state index contributed by atoms with van der Waals surface area (Å²) < 4.78 is 15.9. The molecule has 0 fully saturated rings. The number of hydrogen-bond donors (Lipinski definition) is 0. The summed E-state index contributed by atoms with van der Waals surface area (Å²) in [4.78, 5) is 13.9. The van der Waals surface area contributed by atoms with E-state index in [1.54, 1.807) is 62.8 Å². The van der Waals surface area contributed by atoms with Crippen molar-refractivity contribution >= 4 is 23.3 Å². The van der Waals surface area contributed by atoms with Crippen molar-refractivity contribution in [1.29, 1.82) is 0 Å². The molecule has 1 aromatic heterocycles. The highest BCUT2D eigenvalue weighted by Gasteiger charge is 2.12. The molecule has 0 unspecified atom stereocenters. The topological polar surface area (TPSA) is 48.0 Å². The number of carbonyl (C=O) groups is 1. The lowest BCUT2D eigenvalue weighted by atomic mass is 10.1. The molecule has 5 nitrogen and oxygen atoms in total. The Morgan fingerprint density at radius 3 is 2.33 bits per heavy atom. The second-order valence-electron chi connectivity index (χ2n) is 5.12. The summed E-state index contributed by atoms with van der Waals surface area (Å²) >= 11 is 1.62. The molecule has 1 amide bonds. The Hall–Kier alpha value is -2.47. The fraction of sp³-hybridized carbons (Fsp3) is 0.278. The molecule has 1 heterocycles. The van der Waals surface area contributed by atoms with Crippen molar-refractivity contribution < 1.29 is 19.0 Å². The quantitative estimate of drug-likeness (QED) is 0.720. The Bertz CT molecular complexity index is 685. The summed E-state index contributed by atoms with van der Waals surface area (Å²) in [6.45, 7) is 0.585. The van der Waals surface area contributed by atoms with Gasteiger partial charge in [-0.15, -0.1) is 0 Å². The predicted octanol–water partition coefficient (Wildman–Crippen LogP) is 3.45. The van der Waals surface area contributed by atoms with Gasteiger partial charge in [0.1, 0.15) is 0 Å². The molecule has 0 saturated carbocycles. The van der Waals surface area contributed by atoms with Crippen LogP contribution in [0.15, 0.2) is 35.0 Å². The molecular weight excluding hydrogens is 326 g/mol. The Morgan fingerprint density at radius 1 is 1.17 bits per heavy atom. The zero-order valence-electron chi connectivity index (χ0n) is 14.2. The van der Waals surface area contributed by atoms with Gasteiger partial charge >= 0.3 is 0 Å². The fourth-order valence-corrected chi connectivity index (χ4v) is 2.89. The van der Waals surface area contributed by atoms with E-state index in [-0.39, 0.29) is 5.91 Å². The third-order valence-corrected chi connectivity index (χ3v) is 4.21. The summed E-state index contributed by atoms with van der Waals surface area (Å²) in [7, 11) is 6.45. The van der Waals surface area contributed by atoms with E-state index in [4.69, 9.17) is 14.2 Å². The first-order valence-electron chi connectivity index (χ1n) is 7.33. The van der Waals surface area contributed by atoms with Crippen LogP contribution in [0.5, 0.6) is 17.2 Å². The average molecular weight is 347 g/mol. The van der Waals surface area contributed by atoms with E-state index in [0.717, 1.165) is 11.1 Å². The van der Waals surface area contributed by atoms with Crippen molar-refractivity contribution in [3.8, 4) is 17.2 Å². The van der Waals surface area contributed by atoms with Crippen molar-refractivity contribution in [2.45, 2.75) is 6.54 Å². The summed E-state index contributed by atoms with van der Waals surface area (Å²) in [5.74, 6) is 1.55. The largest absolute Gasteiger partial charge is 0.493 e. The first kappa shape index (κ1) is 17.9. The molecule has 2 aromatic rings. The third kappa shape index (κ3) is 4.29. The molecule has 24 heavy (non-hydrogen) atoms. The lowest BCUT2D eigenvalue weighted by Crippen LogP contribution is -2.23. The summed E-state index contributed by atoms with van der Waals surface area (Å²) in [6.07, 6.45) is 3.27. The lowest BCUT2D eigenvalue weighted by Gasteiger charge is -2.14. The maximum atomic E-state index is 12.2. The summed E-state index contributed by atoms with van der Waals surface area (Å²) in [5.41, 5.74) is 1.92. The van der Waals surface area contributed by atoms with Gasteiger partial charge in [-0.25, -0.2) is 0 Å². The van der Waals surface area contributed by atoms with Gasteiger partial charge in [0.2, 0.25) is 11.7 Å². The van der Waals surface area contributed by atoms with Gasteiger partial charge in [-0.2, -0.15) is 11.3 Å². The molecule has 0 N–H and O–H groups in total. The summed E-state index contributed by atoms with van der Waals surface area (Å²) in [6, 6.07) is 5.60. The zero-order chi connectivity index (χ0) is 17.5. The smallest absolute Gasteiger partial charge is 0.246 e. The van der Waals surface area contributed by atoms with Crippen LogP contribution in [0.1, 0.15) is 11.1 Å². The number of likely N-dealkylation sites (N-methyl/N-ethyl adjacent to an activating group) is 1. The van der Waals surface area contributed by atoms with E-state index < -0.39 is 0 Å². The molecule has 6 heteroatoms. The molecule has 128 valence electrons. The van der Waals surface area contributed by atoms with Gasteiger partial charge in [-0.3, -0.25) is 4.79 Å². The molecule has 0 saturated heterocycles. The molecule has 2 rings (SSSR count). The van der Waals surface area contributed by atoms with Crippen LogP contribution >= 0.6 is 11.3 Å². The van der Waals surface area contributed by atoms with Crippen molar-refractivity contribution in [3.05, 3.63) is 46.2 Å². The standard InChI is InChI=1S/C18H21NO4S/c1-19(11-14-7-8-24-12-14)17(20)6-5-13-9-15(21-2)18(23-4)16(10-13)22-3/h5-10,12H,11H2,1-4H3. The van der Waals surface area contributed by atoms with E-state index >= 15 is 0 Å². The summed E-state index contributed by atoms with van der Waals surface area (Å²) in [5, 5.41) is 4.03. The minimum atomic E-state index is -0.0741. The van der Waals surface area contributed by atoms with Crippen molar-refractivity contribution in [2.75, 3.05) is 28.4 Å². The third-order valence-electron chi connectivity index (χ3n) is 3.48. The van der Waals surface area contributed by atoms with Crippen LogP contribution < -0.4 is 14.2 Å². The van der Waals surface area contributed by atoms with Gasteiger partial charge in [0.05, 0.1) is 21.3 Å². The Labute approximate surface area is 146 Å².